The van der Waals surface area contributed by atoms with E-state index >= 15 is 0 Å². The molecule has 2 heterocycles. The predicted octanol–water partition coefficient (Wildman–Crippen LogP) is -0.126. The number of likely N-dealkylation sites (N-methyl/N-ethyl adjacent to an activating group) is 1. The Kier molecular flexibility index (Phi) is 21.0. The zero-order valence-corrected chi connectivity index (χ0v) is 44.7. The van der Waals surface area contributed by atoms with Crippen LogP contribution in [0.4, 0.5) is 0 Å². The molecule has 0 spiro atoms. The summed E-state index contributed by atoms with van der Waals surface area (Å²) < 4.78 is 21.5. The second kappa shape index (κ2) is 25.8. The third-order valence-corrected chi connectivity index (χ3v) is 18.3. The van der Waals surface area contributed by atoms with Crippen LogP contribution in [-0.4, -0.2) is 222 Å². The number of amides is 1. The van der Waals surface area contributed by atoms with E-state index in [1.165, 1.54) is 50.5 Å². The number of nitrogens with one attached hydrogen (secondary N) is 1. The number of hydrogen-bond donors (Lipinski definition) is 13. The molecule has 4 fully saturated rings. The van der Waals surface area contributed by atoms with Crippen molar-refractivity contribution in [3.8, 4) is 0 Å². The van der Waals surface area contributed by atoms with E-state index in [-0.39, 0.29) is 57.2 Å². The monoisotopic (exact) mass is 1070 g/mol. The molecule has 13 N–H and O–H groups in total. The second-order valence-electron chi connectivity index (χ2n) is 23.6. The molecule has 0 aromatic carbocycles. The number of nitrogens with zero attached hydrogens (tertiary/aromatic N) is 2. The third-order valence-electron chi connectivity index (χ3n) is 18.3. The number of ether oxygens (including phenoxy) is 4. The Labute approximate surface area is 440 Å². The summed E-state index contributed by atoms with van der Waals surface area (Å²) in [5.41, 5.74) is 1.86. The molecule has 4 aliphatic carbocycles. The van der Waals surface area contributed by atoms with Gasteiger partial charge in [0.1, 0.15) is 48.8 Å². The van der Waals surface area contributed by atoms with Crippen LogP contribution in [0.15, 0.2) is 23.2 Å². The van der Waals surface area contributed by atoms with Crippen LogP contribution in [0.1, 0.15) is 112 Å². The molecule has 0 radical (unpaired) electrons. The van der Waals surface area contributed by atoms with E-state index in [2.05, 4.69) is 46.0 Å². The number of hydrogen-bond acceptors (Lipinski definition) is 21. The Bertz CT molecular complexity index is 1990. The summed E-state index contributed by atoms with van der Waals surface area (Å²) in [5.74, 6) is -3.40. The highest BCUT2D eigenvalue weighted by molar-refractivity contribution is 5.89. The third kappa shape index (κ3) is 13.7. The standard InChI is InChI=1S/C53H89N3O19/c1-28(2)8-7-9-29(3)33-12-13-34-32-11-10-30-24-31(14-17-51(30,4)35(32)15-18-52(33,34)5)72-39(61)16-20-56(25-36(59)45-41(63)43(65)49(69)74-45)23-22-55(6)21-19-54-48(68)42(64)40(62)46(37(60)26-57)75-50-44(66)47(67)53(70,71)38(27-58)73-50/h10,28-29,31-38,40,42,44-47,50,57-60,62-67,70-71H,7-9,11-27H2,1-6H3,(H,54,68)/t29-,31?,32+,33-,34+,35+,36+,37?,38?,40?,42?,44?,45-,46?,47-,50+,51+,52-/m1/s1. The van der Waals surface area contributed by atoms with Crippen molar-refractivity contribution in [2.75, 3.05) is 59.5 Å². The van der Waals surface area contributed by atoms with Gasteiger partial charge in [-0.15, -0.1) is 0 Å². The van der Waals surface area contributed by atoms with Gasteiger partial charge in [-0.3, -0.25) is 14.5 Å². The average molecular weight is 1070 g/mol. The number of aliphatic hydroxyl groups excluding tert-OH is 10. The Hall–Kier alpha value is -3.07. The fraction of sp³-hybridized carbons (Fsp3) is 0.868. The number of carbonyl (C=O) groups excluding carboxylic acids is 3. The van der Waals surface area contributed by atoms with E-state index in [1.54, 1.807) is 16.8 Å². The van der Waals surface area contributed by atoms with Gasteiger partial charge < -0.3 is 90.4 Å². The quantitative estimate of drug-likeness (QED) is 0.0305. The van der Waals surface area contributed by atoms with Gasteiger partial charge >= 0.3 is 11.9 Å². The summed E-state index contributed by atoms with van der Waals surface area (Å²) in [6, 6.07) is 0. The van der Waals surface area contributed by atoms with E-state index in [4.69, 9.17) is 18.9 Å². The van der Waals surface area contributed by atoms with Gasteiger partial charge in [0.05, 0.1) is 19.6 Å². The molecule has 6 aliphatic rings. The van der Waals surface area contributed by atoms with Crippen LogP contribution in [0.2, 0.25) is 0 Å². The van der Waals surface area contributed by atoms with Gasteiger partial charge in [0.15, 0.2) is 24.3 Å². The van der Waals surface area contributed by atoms with Crippen molar-refractivity contribution < 1.29 is 94.6 Å². The fourth-order valence-electron chi connectivity index (χ4n) is 13.7. The lowest BCUT2D eigenvalue weighted by Crippen LogP contribution is -2.68. The van der Waals surface area contributed by atoms with Crippen molar-refractivity contribution in [1.29, 1.82) is 0 Å². The highest BCUT2D eigenvalue weighted by Gasteiger charge is 2.60. The van der Waals surface area contributed by atoms with Crippen molar-refractivity contribution in [2.45, 2.75) is 185 Å². The molecule has 22 heteroatoms. The first kappa shape index (κ1) is 61.1. The smallest absolute Gasteiger partial charge is 0.377 e. The summed E-state index contributed by atoms with van der Waals surface area (Å²) >= 11 is 0. The zero-order valence-electron chi connectivity index (χ0n) is 44.7. The number of esters is 2. The van der Waals surface area contributed by atoms with Crippen LogP contribution in [-0.2, 0) is 33.3 Å². The molecule has 0 aromatic rings. The van der Waals surface area contributed by atoms with E-state index in [1.807, 2.05) is 0 Å². The molecule has 22 nitrogen and oxygen atoms in total. The number of fused-ring (bicyclic) bond motifs is 5. The Morgan fingerprint density at radius 3 is 2.31 bits per heavy atom. The Morgan fingerprint density at radius 1 is 0.933 bits per heavy atom. The van der Waals surface area contributed by atoms with E-state index < -0.39 is 110 Å². The van der Waals surface area contributed by atoms with E-state index in [9.17, 15) is 75.7 Å². The lowest BCUT2D eigenvalue weighted by Gasteiger charge is -2.58. The first-order valence-corrected chi connectivity index (χ1v) is 27.2. The molecular weight excluding hydrogens is 983 g/mol. The van der Waals surface area contributed by atoms with Gasteiger partial charge in [0.25, 0.3) is 5.91 Å². The summed E-state index contributed by atoms with van der Waals surface area (Å²) in [4.78, 5) is 42.0. The van der Waals surface area contributed by atoms with Crippen molar-refractivity contribution >= 4 is 17.8 Å². The number of aliphatic hydroxyl groups is 12. The topological polar surface area (TPSA) is 349 Å². The summed E-state index contributed by atoms with van der Waals surface area (Å²) in [6.45, 7) is 10.4. The average Bonchev–Trinajstić information content (AvgIpc) is 3.86. The van der Waals surface area contributed by atoms with Gasteiger partial charge in [0, 0.05) is 45.7 Å². The van der Waals surface area contributed by atoms with Gasteiger partial charge in [-0.2, -0.15) is 0 Å². The SMILES string of the molecule is CC(C)CCC[C@@H](C)[C@H]1CC[C@H]2[C@@H]3CC=C4CC(OC(=O)CCN(CCN(C)CCNC(=O)C(O)C(O)C(O[C@@H]5OC(CO)C(O)(O)[C@H](O)C5O)C(O)CO)C[C@H](O)[C@H]5OC(=O)C(O)=C5O)CC[C@]4(C)[C@H]3CC[C@]12C. The molecule has 7 unspecified atom stereocenters. The van der Waals surface area contributed by atoms with Crippen molar-refractivity contribution in [3.63, 3.8) is 0 Å². The minimum Gasteiger partial charge on any atom is -0.505 e. The Morgan fingerprint density at radius 2 is 1.65 bits per heavy atom. The van der Waals surface area contributed by atoms with Gasteiger partial charge in [0.2, 0.25) is 11.5 Å². The van der Waals surface area contributed by atoms with Gasteiger partial charge in [-0.05, 0) is 98.3 Å². The van der Waals surface area contributed by atoms with Crippen molar-refractivity contribution in [3.05, 3.63) is 23.2 Å². The highest BCUT2D eigenvalue weighted by atomic mass is 16.7. The maximum Gasteiger partial charge on any atom is 0.377 e. The predicted molar refractivity (Wildman–Crippen MR) is 268 cm³/mol. The van der Waals surface area contributed by atoms with Crippen LogP contribution in [0, 0.1) is 46.3 Å². The molecule has 1 amide bonds. The minimum atomic E-state index is -3.13. The van der Waals surface area contributed by atoms with Crippen molar-refractivity contribution in [2.24, 2.45) is 46.3 Å². The molecule has 0 aromatic heterocycles. The van der Waals surface area contributed by atoms with Crippen LogP contribution in [0.25, 0.3) is 0 Å². The normalized spacial score (nSPS) is 35.0. The number of allylic oxidation sites excluding steroid dienone is 1. The molecule has 18 atom stereocenters. The van der Waals surface area contributed by atoms with E-state index in [0.29, 0.717) is 23.7 Å². The lowest BCUT2D eigenvalue weighted by molar-refractivity contribution is -0.396. The summed E-state index contributed by atoms with van der Waals surface area (Å²) in [6.07, 6.45) is -5.58. The molecule has 1 saturated heterocycles. The van der Waals surface area contributed by atoms with Crippen LogP contribution < -0.4 is 5.32 Å². The first-order valence-electron chi connectivity index (χ1n) is 27.2. The highest BCUT2D eigenvalue weighted by Crippen LogP contribution is 2.67. The van der Waals surface area contributed by atoms with Crippen LogP contribution in [0.5, 0.6) is 0 Å². The first-order chi connectivity index (χ1) is 35.3. The van der Waals surface area contributed by atoms with Gasteiger partial charge in [-0.25, -0.2) is 4.79 Å². The molecule has 2 aliphatic heterocycles. The molecule has 6 rings (SSSR count). The van der Waals surface area contributed by atoms with Crippen LogP contribution >= 0.6 is 0 Å². The molecular formula is C53H89N3O19. The second-order valence-corrected chi connectivity index (χ2v) is 23.6. The molecule has 3 saturated carbocycles. The summed E-state index contributed by atoms with van der Waals surface area (Å²) in [5, 5.41) is 125. The maximum atomic E-state index is 13.6. The van der Waals surface area contributed by atoms with Crippen LogP contribution in [0.3, 0.4) is 0 Å². The minimum absolute atomic E-state index is 0.0488. The summed E-state index contributed by atoms with van der Waals surface area (Å²) in [7, 11) is 1.69. The molecule has 0 bridgehead atoms. The molecule has 75 heavy (non-hydrogen) atoms. The van der Waals surface area contributed by atoms with E-state index in [0.717, 1.165) is 42.9 Å². The lowest BCUT2D eigenvalue weighted by atomic mass is 9.47. The Balaban J connectivity index is 0.997. The zero-order chi connectivity index (χ0) is 55.3. The fourth-order valence-corrected chi connectivity index (χ4v) is 13.7. The number of rotatable bonds is 26. The van der Waals surface area contributed by atoms with Gasteiger partial charge in [-0.1, -0.05) is 65.5 Å². The maximum absolute atomic E-state index is 13.6. The number of cyclic esters (lactones) is 1. The largest absolute Gasteiger partial charge is 0.505 e. The molecule has 430 valence electrons. The number of carbonyl (C=O) groups is 3. The van der Waals surface area contributed by atoms with Crippen molar-refractivity contribution in [1.82, 2.24) is 15.1 Å².